The summed E-state index contributed by atoms with van der Waals surface area (Å²) >= 11 is 0. The van der Waals surface area contributed by atoms with Crippen molar-refractivity contribution < 1.29 is 0 Å². The largest absolute Gasteiger partial charge is 0.307 e. The van der Waals surface area contributed by atoms with Crippen LogP contribution in [0.3, 0.4) is 0 Å². The van der Waals surface area contributed by atoms with E-state index in [1.807, 2.05) is 12.2 Å². The van der Waals surface area contributed by atoms with Gasteiger partial charge in [0.15, 0.2) is 0 Å². The van der Waals surface area contributed by atoms with E-state index in [-0.39, 0.29) is 5.92 Å². The van der Waals surface area contributed by atoms with E-state index in [1.54, 1.807) is 0 Å². The average molecular weight is 322 g/mol. The van der Waals surface area contributed by atoms with Crippen molar-refractivity contribution in [3.05, 3.63) is 48.6 Å². The standard InChI is InChI=1S/C22H30N2/c1-3-11-20(18-12-7-5-8-13-18)21(24)22(17-23,16-4-2)19-14-9-6-10-15-19/h3-4,12,14,20,24H,1-2,5-11,13,15-16H2. The normalized spacial score (nSPS) is 21.5. The van der Waals surface area contributed by atoms with E-state index in [0.29, 0.717) is 12.1 Å². The minimum absolute atomic E-state index is 0.0187. The van der Waals surface area contributed by atoms with Crippen LogP contribution in [0.2, 0.25) is 0 Å². The Morgan fingerprint density at radius 2 is 1.88 bits per heavy atom. The molecule has 0 radical (unpaired) electrons. The Hall–Kier alpha value is -1.88. The Bertz CT molecular complexity index is 588. The first kappa shape index (κ1) is 18.5. The predicted molar refractivity (Wildman–Crippen MR) is 102 cm³/mol. The lowest BCUT2D eigenvalue weighted by atomic mass is 9.65. The summed E-state index contributed by atoms with van der Waals surface area (Å²) in [5.41, 5.74) is 2.23. The second-order valence-corrected chi connectivity index (χ2v) is 7.00. The molecule has 0 saturated carbocycles. The summed E-state index contributed by atoms with van der Waals surface area (Å²) in [5.74, 6) is 0.0187. The van der Waals surface area contributed by atoms with Crippen molar-refractivity contribution in [3.8, 4) is 6.07 Å². The third-order valence-electron chi connectivity index (χ3n) is 5.46. The topological polar surface area (TPSA) is 47.6 Å². The highest BCUT2D eigenvalue weighted by atomic mass is 14.6. The van der Waals surface area contributed by atoms with Crippen LogP contribution in [0.5, 0.6) is 0 Å². The molecule has 2 nitrogen and oxygen atoms in total. The Morgan fingerprint density at radius 3 is 2.38 bits per heavy atom. The van der Waals surface area contributed by atoms with Gasteiger partial charge in [-0.1, -0.05) is 29.9 Å². The molecule has 0 aromatic rings. The first-order valence-corrected chi connectivity index (χ1v) is 9.30. The van der Waals surface area contributed by atoms with Crippen LogP contribution in [0.4, 0.5) is 0 Å². The van der Waals surface area contributed by atoms with Crippen LogP contribution in [0.25, 0.3) is 0 Å². The molecule has 128 valence electrons. The number of allylic oxidation sites excluding steroid dienone is 6. The second-order valence-electron chi connectivity index (χ2n) is 7.00. The van der Waals surface area contributed by atoms with E-state index >= 15 is 0 Å². The molecule has 0 fully saturated rings. The highest BCUT2D eigenvalue weighted by molar-refractivity contribution is 5.97. The van der Waals surface area contributed by atoms with Crippen LogP contribution in [0.1, 0.15) is 64.2 Å². The van der Waals surface area contributed by atoms with Gasteiger partial charge in [-0.25, -0.2) is 0 Å². The lowest BCUT2D eigenvalue weighted by Gasteiger charge is -2.36. The summed E-state index contributed by atoms with van der Waals surface area (Å²) in [6.07, 6.45) is 18.4. The Labute approximate surface area is 147 Å². The highest BCUT2D eigenvalue weighted by Gasteiger charge is 2.42. The van der Waals surface area contributed by atoms with Crippen molar-refractivity contribution in [2.45, 2.75) is 64.2 Å². The van der Waals surface area contributed by atoms with Crippen molar-refractivity contribution in [2.24, 2.45) is 11.3 Å². The maximum absolute atomic E-state index is 10.1. The SMILES string of the molecule is C=CCC(C(=N)C(C#N)(CC=C)C1=CCCCC1)C1=CCCCC1. The van der Waals surface area contributed by atoms with Crippen LogP contribution in [0.15, 0.2) is 48.6 Å². The van der Waals surface area contributed by atoms with Crippen LogP contribution >= 0.6 is 0 Å². The lowest BCUT2D eigenvalue weighted by Crippen LogP contribution is -2.37. The van der Waals surface area contributed by atoms with Gasteiger partial charge in [-0.15, -0.1) is 13.2 Å². The third kappa shape index (κ3) is 3.78. The smallest absolute Gasteiger partial charge is 0.120 e. The predicted octanol–water partition coefficient (Wildman–Crippen LogP) is 6.29. The van der Waals surface area contributed by atoms with Crippen molar-refractivity contribution in [1.29, 1.82) is 10.7 Å². The van der Waals surface area contributed by atoms with E-state index in [4.69, 9.17) is 5.41 Å². The molecule has 1 N–H and O–H groups in total. The second kappa shape index (κ2) is 8.83. The molecule has 0 spiro atoms. The Kier molecular flexibility index (Phi) is 6.79. The molecule has 0 amide bonds. The maximum Gasteiger partial charge on any atom is 0.120 e. The molecule has 2 rings (SSSR count). The van der Waals surface area contributed by atoms with Gasteiger partial charge in [-0.2, -0.15) is 5.26 Å². The van der Waals surface area contributed by atoms with Crippen molar-refractivity contribution in [3.63, 3.8) is 0 Å². The Balaban J connectivity index is 2.42. The molecule has 2 aliphatic rings. The first-order chi connectivity index (χ1) is 11.7. The van der Waals surface area contributed by atoms with Gasteiger partial charge in [0.2, 0.25) is 0 Å². The molecule has 0 aliphatic heterocycles. The molecule has 0 heterocycles. The number of rotatable bonds is 8. The van der Waals surface area contributed by atoms with Crippen molar-refractivity contribution >= 4 is 5.71 Å². The van der Waals surface area contributed by atoms with Crippen LogP contribution in [-0.4, -0.2) is 5.71 Å². The molecular weight excluding hydrogens is 292 g/mol. The molecule has 2 aliphatic carbocycles. The first-order valence-electron chi connectivity index (χ1n) is 9.30. The van der Waals surface area contributed by atoms with Crippen LogP contribution in [0, 0.1) is 28.1 Å². The molecule has 2 unspecified atom stereocenters. The molecular formula is C22H30N2. The molecule has 0 aromatic carbocycles. The summed E-state index contributed by atoms with van der Waals surface area (Å²) < 4.78 is 0. The van der Waals surface area contributed by atoms with Crippen LogP contribution in [-0.2, 0) is 0 Å². The van der Waals surface area contributed by atoms with Crippen LogP contribution < -0.4 is 0 Å². The molecule has 2 atom stereocenters. The van der Waals surface area contributed by atoms with Gasteiger partial charge in [-0.05, 0) is 69.8 Å². The third-order valence-corrected chi connectivity index (χ3v) is 5.46. The number of nitrogens with one attached hydrogen (secondary N) is 1. The zero-order valence-electron chi connectivity index (χ0n) is 14.8. The summed E-state index contributed by atoms with van der Waals surface area (Å²) in [6.45, 7) is 7.78. The van der Waals surface area contributed by atoms with Gasteiger partial charge in [-0.3, -0.25) is 0 Å². The average Bonchev–Trinajstić information content (AvgIpc) is 2.65. The fourth-order valence-corrected chi connectivity index (χ4v) is 4.13. The summed E-state index contributed by atoms with van der Waals surface area (Å²) in [4.78, 5) is 0. The minimum Gasteiger partial charge on any atom is -0.307 e. The van der Waals surface area contributed by atoms with Gasteiger partial charge >= 0.3 is 0 Å². The minimum atomic E-state index is -0.811. The Morgan fingerprint density at radius 1 is 1.17 bits per heavy atom. The maximum atomic E-state index is 10.1. The fraction of sp³-hybridized carbons (Fsp3) is 0.545. The van der Waals surface area contributed by atoms with Crippen molar-refractivity contribution in [1.82, 2.24) is 0 Å². The number of hydrogen-bond acceptors (Lipinski definition) is 2. The van der Waals surface area contributed by atoms with E-state index in [0.717, 1.165) is 44.1 Å². The molecule has 0 bridgehead atoms. The number of hydrogen-bond donors (Lipinski definition) is 1. The summed E-state index contributed by atoms with van der Waals surface area (Å²) in [6, 6.07) is 2.54. The zero-order chi connectivity index (χ0) is 17.4. The lowest BCUT2D eigenvalue weighted by molar-refractivity contribution is 0.535. The van der Waals surface area contributed by atoms with Crippen molar-refractivity contribution in [2.75, 3.05) is 0 Å². The number of nitriles is 1. The van der Waals surface area contributed by atoms with E-state index in [2.05, 4.69) is 31.4 Å². The van der Waals surface area contributed by atoms with E-state index in [9.17, 15) is 5.26 Å². The fourth-order valence-electron chi connectivity index (χ4n) is 4.13. The van der Waals surface area contributed by atoms with E-state index < -0.39 is 5.41 Å². The quantitative estimate of drug-likeness (QED) is 0.414. The zero-order valence-corrected chi connectivity index (χ0v) is 14.8. The van der Waals surface area contributed by atoms with Gasteiger partial charge < -0.3 is 5.41 Å². The van der Waals surface area contributed by atoms with Gasteiger partial charge in [0, 0.05) is 11.6 Å². The van der Waals surface area contributed by atoms with Gasteiger partial charge in [0.05, 0.1) is 6.07 Å². The van der Waals surface area contributed by atoms with Gasteiger partial charge in [0.1, 0.15) is 5.41 Å². The number of nitrogens with zero attached hydrogens (tertiary/aromatic N) is 1. The highest BCUT2D eigenvalue weighted by Crippen LogP contribution is 2.43. The molecule has 2 heteroatoms. The molecule has 0 saturated heterocycles. The summed E-state index contributed by atoms with van der Waals surface area (Å²) in [5, 5.41) is 19.2. The monoisotopic (exact) mass is 322 g/mol. The molecule has 0 aromatic heterocycles. The van der Waals surface area contributed by atoms with E-state index in [1.165, 1.54) is 24.8 Å². The van der Waals surface area contributed by atoms with Gasteiger partial charge in [0.25, 0.3) is 0 Å². The summed E-state index contributed by atoms with van der Waals surface area (Å²) in [7, 11) is 0. The molecule has 24 heavy (non-hydrogen) atoms.